The zero-order valence-corrected chi connectivity index (χ0v) is 11.1. The molecule has 1 aliphatic rings. The van der Waals surface area contributed by atoms with E-state index in [1.54, 1.807) is 11.3 Å². The Morgan fingerprint density at radius 1 is 1.56 bits per heavy atom. The summed E-state index contributed by atoms with van der Waals surface area (Å²) in [7, 11) is 0. The first-order valence-corrected chi connectivity index (χ1v) is 7.12. The summed E-state index contributed by atoms with van der Waals surface area (Å²) in [5, 5.41) is 15.7. The van der Waals surface area contributed by atoms with Gasteiger partial charge in [-0.25, -0.2) is 0 Å². The van der Waals surface area contributed by atoms with Crippen LogP contribution >= 0.6 is 11.3 Å². The zero-order chi connectivity index (χ0) is 12.8. The Morgan fingerprint density at radius 3 is 2.94 bits per heavy atom. The number of carbonyl (C=O) groups excluding carboxylic acids is 1. The maximum Gasteiger partial charge on any atom is 0.224 e. The van der Waals surface area contributed by atoms with Crippen LogP contribution in [0.25, 0.3) is 0 Å². The Kier molecular flexibility index (Phi) is 4.73. The molecular formula is C13H17N3OS. The molecule has 0 atom stereocenters. The van der Waals surface area contributed by atoms with E-state index < -0.39 is 0 Å². The summed E-state index contributed by atoms with van der Waals surface area (Å²) >= 11 is 1.62. The standard InChI is InChI=1S/C13H17N3OS/c14-4-7-16-5-1-12(2-6-16)15-13(17)9-11-3-8-18-10-11/h3,8,10,12H,1-2,5-7,9H2,(H,15,17). The van der Waals surface area contributed by atoms with Gasteiger partial charge in [0.25, 0.3) is 0 Å². The molecule has 1 aromatic heterocycles. The lowest BCUT2D eigenvalue weighted by atomic mass is 10.0. The van der Waals surface area contributed by atoms with Crippen LogP contribution in [0.1, 0.15) is 18.4 Å². The molecule has 2 rings (SSSR count). The summed E-state index contributed by atoms with van der Waals surface area (Å²) in [5.74, 6) is 0.104. The fourth-order valence-corrected chi connectivity index (χ4v) is 2.86. The quantitative estimate of drug-likeness (QED) is 0.835. The van der Waals surface area contributed by atoms with Gasteiger partial charge in [-0.3, -0.25) is 9.69 Å². The molecule has 0 spiro atoms. The molecule has 18 heavy (non-hydrogen) atoms. The number of hydrogen-bond acceptors (Lipinski definition) is 4. The van der Waals surface area contributed by atoms with Crippen LogP contribution in [0.15, 0.2) is 16.8 Å². The largest absolute Gasteiger partial charge is 0.353 e. The van der Waals surface area contributed by atoms with E-state index in [9.17, 15) is 4.79 Å². The van der Waals surface area contributed by atoms with Gasteiger partial charge >= 0.3 is 0 Å². The van der Waals surface area contributed by atoms with Crippen molar-refractivity contribution in [1.29, 1.82) is 5.26 Å². The van der Waals surface area contributed by atoms with Gasteiger partial charge in [-0.05, 0) is 35.2 Å². The zero-order valence-electron chi connectivity index (χ0n) is 10.3. The van der Waals surface area contributed by atoms with E-state index in [-0.39, 0.29) is 11.9 Å². The van der Waals surface area contributed by atoms with Gasteiger partial charge in [0, 0.05) is 19.1 Å². The summed E-state index contributed by atoms with van der Waals surface area (Å²) < 4.78 is 0. The average Bonchev–Trinajstić information content (AvgIpc) is 2.84. The fourth-order valence-electron chi connectivity index (χ4n) is 2.19. The van der Waals surface area contributed by atoms with Crippen molar-refractivity contribution in [2.24, 2.45) is 0 Å². The molecule has 0 aliphatic carbocycles. The van der Waals surface area contributed by atoms with Crippen LogP contribution in [0, 0.1) is 11.3 Å². The van der Waals surface area contributed by atoms with Crippen molar-refractivity contribution >= 4 is 17.2 Å². The summed E-state index contributed by atoms with van der Waals surface area (Å²) in [6, 6.07) is 4.42. The van der Waals surface area contributed by atoms with Gasteiger partial charge in [0.05, 0.1) is 19.0 Å². The van der Waals surface area contributed by atoms with E-state index in [2.05, 4.69) is 16.3 Å². The number of likely N-dealkylation sites (tertiary alicyclic amines) is 1. The van der Waals surface area contributed by atoms with E-state index in [1.807, 2.05) is 16.8 Å². The number of nitrogens with zero attached hydrogens (tertiary/aromatic N) is 2. The normalized spacial score (nSPS) is 17.3. The molecule has 0 unspecified atom stereocenters. The molecule has 0 radical (unpaired) electrons. The molecule has 4 nitrogen and oxygen atoms in total. The Bertz CT molecular complexity index is 416. The first-order valence-electron chi connectivity index (χ1n) is 6.17. The van der Waals surface area contributed by atoms with Gasteiger partial charge in [-0.15, -0.1) is 0 Å². The molecule has 1 N–H and O–H groups in total. The Labute approximate surface area is 111 Å². The number of hydrogen-bond donors (Lipinski definition) is 1. The van der Waals surface area contributed by atoms with Crippen LogP contribution in [-0.4, -0.2) is 36.5 Å². The van der Waals surface area contributed by atoms with E-state index in [1.165, 1.54) is 0 Å². The second kappa shape index (κ2) is 6.53. The van der Waals surface area contributed by atoms with Gasteiger partial charge in [-0.1, -0.05) is 0 Å². The van der Waals surface area contributed by atoms with Crippen LogP contribution in [0.5, 0.6) is 0 Å². The lowest BCUT2D eigenvalue weighted by Crippen LogP contribution is -2.45. The lowest BCUT2D eigenvalue weighted by Gasteiger charge is -2.30. The number of nitriles is 1. The average molecular weight is 263 g/mol. The molecule has 2 heterocycles. The minimum atomic E-state index is 0.104. The molecule has 0 aromatic carbocycles. The fraction of sp³-hybridized carbons (Fsp3) is 0.538. The summed E-state index contributed by atoms with van der Waals surface area (Å²) in [5.41, 5.74) is 1.08. The predicted molar refractivity (Wildman–Crippen MR) is 71.2 cm³/mol. The molecule has 1 aromatic rings. The van der Waals surface area contributed by atoms with Crippen molar-refractivity contribution in [3.8, 4) is 6.07 Å². The SMILES string of the molecule is N#CCN1CCC(NC(=O)Cc2ccsc2)CC1. The molecule has 1 fully saturated rings. The maximum atomic E-state index is 11.8. The number of amides is 1. The molecule has 0 saturated carbocycles. The van der Waals surface area contributed by atoms with Crippen LogP contribution < -0.4 is 5.32 Å². The third kappa shape index (κ3) is 3.83. The van der Waals surface area contributed by atoms with Crippen LogP contribution in [-0.2, 0) is 11.2 Å². The number of thiophene rings is 1. The third-order valence-corrected chi connectivity index (χ3v) is 3.92. The molecular weight excluding hydrogens is 246 g/mol. The monoisotopic (exact) mass is 263 g/mol. The van der Waals surface area contributed by atoms with Gasteiger partial charge in [0.2, 0.25) is 5.91 Å². The highest BCUT2D eigenvalue weighted by Crippen LogP contribution is 2.11. The van der Waals surface area contributed by atoms with Crippen LogP contribution in [0.4, 0.5) is 0 Å². The first kappa shape index (κ1) is 13.1. The number of piperidine rings is 1. The van der Waals surface area contributed by atoms with Gasteiger partial charge in [0.1, 0.15) is 0 Å². The number of carbonyl (C=O) groups is 1. The van der Waals surface area contributed by atoms with E-state index >= 15 is 0 Å². The minimum Gasteiger partial charge on any atom is -0.353 e. The lowest BCUT2D eigenvalue weighted by molar-refractivity contribution is -0.121. The highest BCUT2D eigenvalue weighted by molar-refractivity contribution is 7.07. The van der Waals surface area contributed by atoms with E-state index in [0.717, 1.165) is 31.5 Å². The topological polar surface area (TPSA) is 56.1 Å². The van der Waals surface area contributed by atoms with Crippen molar-refractivity contribution in [2.75, 3.05) is 19.6 Å². The van der Waals surface area contributed by atoms with Crippen molar-refractivity contribution in [2.45, 2.75) is 25.3 Å². The van der Waals surface area contributed by atoms with Crippen molar-refractivity contribution in [3.05, 3.63) is 22.4 Å². The molecule has 1 amide bonds. The van der Waals surface area contributed by atoms with Crippen LogP contribution in [0.3, 0.4) is 0 Å². The van der Waals surface area contributed by atoms with Gasteiger partial charge in [0.15, 0.2) is 0 Å². The number of nitrogens with one attached hydrogen (secondary N) is 1. The minimum absolute atomic E-state index is 0.104. The Balaban J connectivity index is 1.71. The summed E-state index contributed by atoms with van der Waals surface area (Å²) in [6.45, 7) is 2.30. The van der Waals surface area contributed by atoms with Crippen molar-refractivity contribution in [1.82, 2.24) is 10.2 Å². The van der Waals surface area contributed by atoms with Crippen molar-refractivity contribution < 1.29 is 4.79 Å². The maximum absolute atomic E-state index is 11.8. The molecule has 96 valence electrons. The Hall–Kier alpha value is -1.38. The van der Waals surface area contributed by atoms with Gasteiger partial charge in [-0.2, -0.15) is 16.6 Å². The first-order chi connectivity index (χ1) is 8.78. The molecule has 1 saturated heterocycles. The predicted octanol–water partition coefficient (Wildman–Crippen LogP) is 1.39. The summed E-state index contributed by atoms with van der Waals surface area (Å²) in [6.07, 6.45) is 2.36. The second-order valence-corrected chi connectivity index (χ2v) is 5.36. The Morgan fingerprint density at radius 2 is 2.33 bits per heavy atom. The summed E-state index contributed by atoms with van der Waals surface area (Å²) in [4.78, 5) is 13.9. The van der Waals surface area contributed by atoms with Gasteiger partial charge < -0.3 is 5.32 Å². The highest BCUT2D eigenvalue weighted by Gasteiger charge is 2.20. The highest BCUT2D eigenvalue weighted by atomic mass is 32.1. The molecule has 5 heteroatoms. The third-order valence-electron chi connectivity index (χ3n) is 3.19. The van der Waals surface area contributed by atoms with E-state index in [0.29, 0.717) is 13.0 Å². The smallest absolute Gasteiger partial charge is 0.224 e. The molecule has 1 aliphatic heterocycles. The second-order valence-electron chi connectivity index (χ2n) is 4.58. The van der Waals surface area contributed by atoms with Crippen LogP contribution in [0.2, 0.25) is 0 Å². The molecule has 0 bridgehead atoms. The van der Waals surface area contributed by atoms with E-state index in [4.69, 9.17) is 5.26 Å². The van der Waals surface area contributed by atoms with Crippen molar-refractivity contribution in [3.63, 3.8) is 0 Å². The number of rotatable bonds is 4.